The average Bonchev–Trinajstić information content (AvgIpc) is 3.27. The van der Waals surface area contributed by atoms with Crippen LogP contribution in [-0.2, 0) is 41.8 Å². The van der Waals surface area contributed by atoms with Crippen molar-refractivity contribution in [3.63, 3.8) is 0 Å². The number of rotatable bonds is 37. The van der Waals surface area contributed by atoms with Gasteiger partial charge >= 0.3 is 27.6 Å². The van der Waals surface area contributed by atoms with Crippen LogP contribution < -0.4 is 0 Å². The van der Waals surface area contributed by atoms with Crippen LogP contribution in [0.25, 0.3) is 0 Å². The van der Waals surface area contributed by atoms with Gasteiger partial charge in [-0.15, -0.1) is 0 Å². The fourth-order valence-electron chi connectivity index (χ4n) is 6.34. The molecular formula is C47H78O17P2. The molecule has 66 heavy (non-hydrogen) atoms. The van der Waals surface area contributed by atoms with Crippen LogP contribution in [0.1, 0.15) is 136 Å². The van der Waals surface area contributed by atoms with E-state index in [1.165, 1.54) is 38.5 Å². The fraction of sp³-hybridized carbons (Fsp3) is 0.660. The van der Waals surface area contributed by atoms with Crippen LogP contribution >= 0.6 is 15.6 Å². The largest absolute Gasteiger partial charge is 0.472 e. The van der Waals surface area contributed by atoms with Gasteiger partial charge in [-0.3, -0.25) is 23.2 Å². The molecule has 0 radical (unpaired) electrons. The zero-order valence-electron chi connectivity index (χ0n) is 38.7. The minimum Gasteiger partial charge on any atom is -0.462 e. The summed E-state index contributed by atoms with van der Waals surface area (Å²) < 4.78 is 49.2. The van der Waals surface area contributed by atoms with Crippen LogP contribution in [0.3, 0.4) is 0 Å². The molecule has 0 saturated heterocycles. The highest BCUT2D eigenvalue weighted by Gasteiger charge is 2.54. The number of esters is 2. The molecule has 0 aromatic carbocycles. The summed E-state index contributed by atoms with van der Waals surface area (Å²) in [5.74, 6) is -1.39. The molecule has 17 nitrogen and oxygen atoms in total. The van der Waals surface area contributed by atoms with Crippen LogP contribution in [0.15, 0.2) is 85.1 Å². The zero-order valence-corrected chi connectivity index (χ0v) is 40.5. The lowest BCUT2D eigenvalue weighted by Gasteiger charge is -2.43. The van der Waals surface area contributed by atoms with Crippen molar-refractivity contribution in [2.75, 3.05) is 13.2 Å². The minimum atomic E-state index is -5.39. The SMILES string of the molecule is CCCCC/C=C\C/C=C\C/C=C\CCCCC(=O)OC[C@H](COP(=O)(O)O[C@H]1C(O)C(O)C(O)[C@@H](OP(=O)(O)O)C1O)OC(=O)CCC/C=C/C=C\C(O)C/C=C\C/C=C\CCCCC. The van der Waals surface area contributed by atoms with E-state index in [0.29, 0.717) is 32.1 Å². The second kappa shape index (κ2) is 37.1. The Bertz CT molecular complexity index is 1620. The molecule has 0 spiro atoms. The van der Waals surface area contributed by atoms with E-state index in [4.69, 9.17) is 28.3 Å². The van der Waals surface area contributed by atoms with E-state index >= 15 is 0 Å². The zero-order chi connectivity index (χ0) is 49.1. The van der Waals surface area contributed by atoms with Crippen LogP contribution in [0, 0.1) is 0 Å². The molecule has 0 aliphatic heterocycles. The fourth-order valence-corrected chi connectivity index (χ4v) is 7.88. The Morgan fingerprint density at radius 2 is 1.06 bits per heavy atom. The number of carbonyl (C=O) groups is 2. The highest BCUT2D eigenvalue weighted by molar-refractivity contribution is 7.47. The lowest BCUT2D eigenvalue weighted by Crippen LogP contribution is -2.64. The number of phosphoric acid groups is 2. The molecule has 1 aliphatic rings. The first kappa shape index (κ1) is 61.2. The molecule has 9 atom stereocenters. The molecule has 6 unspecified atom stereocenters. The number of aliphatic hydroxyl groups excluding tert-OH is 5. The molecule has 1 aliphatic carbocycles. The summed E-state index contributed by atoms with van der Waals surface area (Å²) in [5, 5.41) is 51.4. The highest BCUT2D eigenvalue weighted by Crippen LogP contribution is 2.49. The standard InChI is InChI=1S/C47H78O17P2/c1-3-5-7-9-11-13-14-15-16-17-18-20-22-26-30-34-40(49)60-36-39(37-61-66(58,59)64-47-44(53)42(51)43(52)46(45(47)54)63-65(55,56)57)62-41(50)35-31-27-23-25-29-33-38(48)32-28-24-21-19-12-10-8-6-4-2/h11-13,15-16,18-20,23-25,28-29,33,38-39,42-48,51-54H,3-10,14,17,21-22,26-27,30-32,34-37H2,1-2H3,(H,58,59)(H2,55,56,57)/b13-11-,16-15-,19-12-,20-18-,25-23+,28-24-,33-29-/t38?,39-,42?,43?,44?,45?,46-,47+/m1/s1. The van der Waals surface area contributed by atoms with Crippen LogP contribution in [0.5, 0.6) is 0 Å². The molecule has 0 amide bonds. The van der Waals surface area contributed by atoms with Gasteiger partial charge < -0.3 is 49.7 Å². The first-order valence-corrected chi connectivity index (χ1v) is 26.3. The molecule has 0 heterocycles. The molecule has 19 heteroatoms. The van der Waals surface area contributed by atoms with Crippen molar-refractivity contribution >= 4 is 27.6 Å². The van der Waals surface area contributed by atoms with Crippen LogP contribution in [-0.4, -0.2) is 114 Å². The summed E-state index contributed by atoms with van der Waals surface area (Å²) in [7, 11) is -10.7. The second-order valence-electron chi connectivity index (χ2n) is 16.0. The number of hydrogen-bond acceptors (Lipinski definition) is 14. The smallest absolute Gasteiger partial charge is 0.462 e. The van der Waals surface area contributed by atoms with E-state index in [1.54, 1.807) is 24.3 Å². The van der Waals surface area contributed by atoms with Crippen molar-refractivity contribution in [2.45, 2.75) is 185 Å². The Morgan fingerprint density at radius 1 is 0.561 bits per heavy atom. The van der Waals surface area contributed by atoms with E-state index in [-0.39, 0.29) is 12.8 Å². The molecule has 1 rings (SSSR count). The van der Waals surface area contributed by atoms with E-state index < -0.39 is 89.6 Å². The first-order chi connectivity index (χ1) is 31.5. The number of ether oxygens (including phenoxy) is 2. The van der Waals surface area contributed by atoms with Crippen molar-refractivity contribution in [1.29, 1.82) is 0 Å². The Balaban J connectivity index is 2.73. The summed E-state index contributed by atoms with van der Waals surface area (Å²) in [4.78, 5) is 54.2. The molecule has 0 aromatic rings. The van der Waals surface area contributed by atoms with Gasteiger partial charge in [0.2, 0.25) is 0 Å². The minimum absolute atomic E-state index is 0.0380. The molecule has 1 saturated carbocycles. The maximum atomic E-state index is 13.0. The third-order valence-electron chi connectivity index (χ3n) is 10.0. The van der Waals surface area contributed by atoms with Gasteiger partial charge in [0.05, 0.1) is 12.7 Å². The van der Waals surface area contributed by atoms with Crippen molar-refractivity contribution in [1.82, 2.24) is 0 Å². The third-order valence-corrected chi connectivity index (χ3v) is 11.5. The van der Waals surface area contributed by atoms with Gasteiger partial charge in [0.15, 0.2) is 6.10 Å². The number of hydrogen-bond donors (Lipinski definition) is 8. The lowest BCUT2D eigenvalue weighted by atomic mass is 9.85. The predicted molar refractivity (Wildman–Crippen MR) is 251 cm³/mol. The lowest BCUT2D eigenvalue weighted by molar-refractivity contribution is -0.216. The predicted octanol–water partition coefficient (Wildman–Crippen LogP) is 7.58. The van der Waals surface area contributed by atoms with Crippen molar-refractivity contribution < 1.29 is 82.0 Å². The second-order valence-corrected chi connectivity index (χ2v) is 18.6. The van der Waals surface area contributed by atoms with Crippen molar-refractivity contribution in [2.24, 2.45) is 0 Å². The highest BCUT2D eigenvalue weighted by atomic mass is 31.2. The van der Waals surface area contributed by atoms with Gasteiger partial charge in [0.1, 0.15) is 43.2 Å². The number of unbranched alkanes of at least 4 members (excludes halogenated alkanes) is 9. The number of phosphoric ester groups is 2. The molecule has 8 N–H and O–H groups in total. The van der Waals surface area contributed by atoms with Gasteiger partial charge in [0, 0.05) is 12.8 Å². The van der Waals surface area contributed by atoms with E-state index in [9.17, 15) is 49.1 Å². The number of aliphatic hydroxyl groups is 5. The van der Waals surface area contributed by atoms with Gasteiger partial charge in [-0.1, -0.05) is 125 Å². The Kier molecular flexibility index (Phi) is 34.4. The Hall–Kier alpha value is -2.86. The third kappa shape index (κ3) is 31.2. The molecule has 1 fully saturated rings. The van der Waals surface area contributed by atoms with E-state index in [1.807, 2.05) is 24.3 Å². The normalized spacial score (nSPS) is 22.8. The van der Waals surface area contributed by atoms with E-state index in [2.05, 4.69) is 54.8 Å². The maximum absolute atomic E-state index is 13.0. The van der Waals surface area contributed by atoms with Crippen molar-refractivity contribution in [3.8, 4) is 0 Å². The Labute approximate surface area is 391 Å². The number of allylic oxidation sites excluding steroid dienone is 12. The Morgan fingerprint density at radius 3 is 1.62 bits per heavy atom. The number of carbonyl (C=O) groups excluding carboxylic acids is 2. The quantitative estimate of drug-likeness (QED) is 0.00979. The first-order valence-electron chi connectivity index (χ1n) is 23.2. The molecule has 378 valence electrons. The van der Waals surface area contributed by atoms with Crippen molar-refractivity contribution in [3.05, 3.63) is 85.1 Å². The van der Waals surface area contributed by atoms with Gasteiger partial charge in [-0.2, -0.15) is 0 Å². The van der Waals surface area contributed by atoms with E-state index in [0.717, 1.165) is 38.5 Å². The van der Waals surface area contributed by atoms with Gasteiger partial charge in [-0.25, -0.2) is 9.13 Å². The summed E-state index contributed by atoms with van der Waals surface area (Å²) in [5.41, 5.74) is 0. The molecular weight excluding hydrogens is 898 g/mol. The van der Waals surface area contributed by atoms with Gasteiger partial charge in [-0.05, 0) is 83.5 Å². The summed E-state index contributed by atoms with van der Waals surface area (Å²) in [6.07, 6.45) is 27.1. The molecule has 0 bridgehead atoms. The van der Waals surface area contributed by atoms with Gasteiger partial charge in [0.25, 0.3) is 0 Å². The topological polar surface area (TPSA) is 276 Å². The summed E-state index contributed by atoms with van der Waals surface area (Å²) in [6, 6.07) is 0. The van der Waals surface area contributed by atoms with Crippen LogP contribution in [0.2, 0.25) is 0 Å². The average molecular weight is 977 g/mol. The molecule has 0 aromatic heterocycles. The summed E-state index contributed by atoms with van der Waals surface area (Å²) >= 11 is 0. The maximum Gasteiger partial charge on any atom is 0.472 e. The monoisotopic (exact) mass is 976 g/mol. The summed E-state index contributed by atoms with van der Waals surface area (Å²) in [6.45, 7) is 2.88. The van der Waals surface area contributed by atoms with Crippen LogP contribution in [0.4, 0.5) is 0 Å².